The largest absolute Gasteiger partial charge is 0.496 e. The molecule has 0 aliphatic carbocycles. The van der Waals surface area contributed by atoms with Crippen LogP contribution in [0.3, 0.4) is 0 Å². The fourth-order valence-electron chi connectivity index (χ4n) is 2.21. The number of halogens is 1. The molecule has 0 saturated heterocycles. The van der Waals surface area contributed by atoms with Gasteiger partial charge in [0, 0.05) is 7.11 Å². The Balaban J connectivity index is 2.26. The average molecular weight is 290 g/mol. The van der Waals surface area contributed by atoms with Gasteiger partial charge in [-0.3, -0.25) is 0 Å². The van der Waals surface area contributed by atoms with Crippen molar-refractivity contribution >= 4 is 0 Å². The summed E-state index contributed by atoms with van der Waals surface area (Å²) in [5, 5.41) is 10.4. The average Bonchev–Trinajstić information content (AvgIpc) is 2.52. The quantitative estimate of drug-likeness (QED) is 0.888. The normalized spacial score (nSPS) is 12.2. The van der Waals surface area contributed by atoms with E-state index in [0.29, 0.717) is 17.9 Å². The minimum Gasteiger partial charge on any atom is -0.496 e. The number of hydrogen-bond acceptors (Lipinski definition) is 3. The van der Waals surface area contributed by atoms with E-state index in [1.165, 1.54) is 13.2 Å². The Morgan fingerprint density at radius 2 is 1.81 bits per heavy atom. The fourth-order valence-corrected chi connectivity index (χ4v) is 2.21. The third kappa shape index (κ3) is 3.60. The van der Waals surface area contributed by atoms with Crippen molar-refractivity contribution in [2.24, 2.45) is 0 Å². The summed E-state index contributed by atoms with van der Waals surface area (Å²) in [5.41, 5.74) is 1.89. The molecule has 0 bridgehead atoms. The van der Waals surface area contributed by atoms with Gasteiger partial charge < -0.3 is 14.6 Å². The Labute approximate surface area is 124 Å². The predicted molar refractivity (Wildman–Crippen MR) is 79.0 cm³/mol. The number of aliphatic hydroxyl groups excluding tert-OH is 1. The minimum atomic E-state index is -1.06. The molecular weight excluding hydrogens is 271 g/mol. The molecule has 0 aromatic heterocycles. The van der Waals surface area contributed by atoms with Crippen molar-refractivity contribution in [3.05, 3.63) is 65.0 Å². The molecule has 0 amide bonds. The smallest absolute Gasteiger partial charge is 0.133 e. The molecule has 0 radical (unpaired) electrons. The second-order valence-electron chi connectivity index (χ2n) is 4.74. The minimum absolute atomic E-state index is 0.157. The molecule has 3 nitrogen and oxygen atoms in total. The second-order valence-corrected chi connectivity index (χ2v) is 4.74. The van der Waals surface area contributed by atoms with Gasteiger partial charge in [0.1, 0.15) is 17.7 Å². The predicted octanol–water partition coefficient (Wildman–Crippen LogP) is 3.10. The first-order valence-corrected chi connectivity index (χ1v) is 6.75. The van der Waals surface area contributed by atoms with Gasteiger partial charge >= 0.3 is 0 Å². The summed E-state index contributed by atoms with van der Waals surface area (Å²) in [5.74, 6) is -0.142. The molecule has 4 heteroatoms. The van der Waals surface area contributed by atoms with E-state index in [4.69, 9.17) is 9.47 Å². The van der Waals surface area contributed by atoms with E-state index >= 15 is 0 Å². The van der Waals surface area contributed by atoms with Crippen LogP contribution in [0.1, 0.15) is 22.8 Å². The maximum Gasteiger partial charge on any atom is 0.133 e. The molecular formula is C17H19FO3. The van der Waals surface area contributed by atoms with Crippen LogP contribution in [0.2, 0.25) is 0 Å². The van der Waals surface area contributed by atoms with Crippen molar-refractivity contribution in [2.45, 2.75) is 12.5 Å². The molecule has 0 aliphatic rings. The highest BCUT2D eigenvalue weighted by Gasteiger charge is 2.19. The third-order valence-corrected chi connectivity index (χ3v) is 3.40. The van der Waals surface area contributed by atoms with Crippen LogP contribution in [-0.2, 0) is 11.2 Å². The zero-order chi connectivity index (χ0) is 15.2. The van der Waals surface area contributed by atoms with Crippen LogP contribution in [0, 0.1) is 5.82 Å². The summed E-state index contributed by atoms with van der Waals surface area (Å²) in [6.45, 7) is 0.642. The number of methoxy groups -OCH3 is 2. The molecule has 2 rings (SSSR count). The van der Waals surface area contributed by atoms with Gasteiger partial charge in [-0.1, -0.05) is 30.3 Å². The van der Waals surface area contributed by atoms with Crippen LogP contribution in [0.5, 0.6) is 5.75 Å². The van der Waals surface area contributed by atoms with E-state index in [-0.39, 0.29) is 5.56 Å². The van der Waals surface area contributed by atoms with Crippen LogP contribution in [-0.4, -0.2) is 25.9 Å². The number of rotatable bonds is 6. The maximum atomic E-state index is 14.0. The van der Waals surface area contributed by atoms with Gasteiger partial charge in [-0.05, 0) is 29.7 Å². The molecule has 1 unspecified atom stereocenters. The molecule has 2 aromatic rings. The van der Waals surface area contributed by atoms with Gasteiger partial charge in [0.15, 0.2) is 0 Å². The van der Waals surface area contributed by atoms with Crippen molar-refractivity contribution in [1.82, 2.24) is 0 Å². The molecule has 0 heterocycles. The highest BCUT2D eigenvalue weighted by atomic mass is 19.1. The number of benzene rings is 2. The molecule has 1 N–H and O–H groups in total. The molecule has 2 aromatic carbocycles. The van der Waals surface area contributed by atoms with Crippen molar-refractivity contribution in [3.8, 4) is 5.75 Å². The van der Waals surface area contributed by atoms with E-state index in [0.717, 1.165) is 12.0 Å². The Hall–Kier alpha value is -1.91. The van der Waals surface area contributed by atoms with E-state index in [1.807, 2.05) is 12.1 Å². The molecule has 0 saturated carbocycles. The summed E-state index contributed by atoms with van der Waals surface area (Å²) in [7, 11) is 3.11. The SMILES string of the molecule is COCCc1ccc(C(O)c2c(F)cccc2OC)cc1. The van der Waals surface area contributed by atoms with Crippen LogP contribution >= 0.6 is 0 Å². The topological polar surface area (TPSA) is 38.7 Å². The monoisotopic (exact) mass is 290 g/mol. The second kappa shape index (κ2) is 7.20. The summed E-state index contributed by atoms with van der Waals surface area (Å²) < 4.78 is 24.1. The lowest BCUT2D eigenvalue weighted by Crippen LogP contribution is -2.05. The molecule has 0 fully saturated rings. The van der Waals surface area contributed by atoms with Gasteiger partial charge in [-0.15, -0.1) is 0 Å². The summed E-state index contributed by atoms with van der Waals surface area (Å²) in [6.07, 6.45) is -0.256. The lowest BCUT2D eigenvalue weighted by Gasteiger charge is -2.16. The van der Waals surface area contributed by atoms with Gasteiger partial charge in [-0.25, -0.2) is 4.39 Å². The Bertz CT molecular complexity index is 581. The van der Waals surface area contributed by atoms with E-state index < -0.39 is 11.9 Å². The highest BCUT2D eigenvalue weighted by Crippen LogP contribution is 2.32. The van der Waals surface area contributed by atoms with Crippen molar-refractivity contribution < 1.29 is 19.0 Å². The first kappa shape index (κ1) is 15.5. The van der Waals surface area contributed by atoms with Gasteiger partial charge in [-0.2, -0.15) is 0 Å². The first-order chi connectivity index (χ1) is 10.2. The lowest BCUT2D eigenvalue weighted by atomic mass is 9.98. The Kier molecular flexibility index (Phi) is 5.31. The maximum absolute atomic E-state index is 14.0. The van der Waals surface area contributed by atoms with Crippen LogP contribution < -0.4 is 4.74 Å². The zero-order valence-electron chi connectivity index (χ0n) is 12.2. The highest BCUT2D eigenvalue weighted by molar-refractivity contribution is 5.41. The van der Waals surface area contributed by atoms with E-state index in [2.05, 4.69) is 0 Å². The molecule has 112 valence electrons. The summed E-state index contributed by atoms with van der Waals surface area (Å²) >= 11 is 0. The lowest BCUT2D eigenvalue weighted by molar-refractivity contribution is 0.202. The number of aliphatic hydroxyl groups is 1. The zero-order valence-corrected chi connectivity index (χ0v) is 12.2. The fraction of sp³-hybridized carbons (Fsp3) is 0.294. The van der Waals surface area contributed by atoms with Crippen LogP contribution in [0.25, 0.3) is 0 Å². The van der Waals surface area contributed by atoms with Crippen LogP contribution in [0.4, 0.5) is 4.39 Å². The Morgan fingerprint density at radius 1 is 1.10 bits per heavy atom. The number of ether oxygens (including phenoxy) is 2. The third-order valence-electron chi connectivity index (χ3n) is 3.40. The van der Waals surface area contributed by atoms with Gasteiger partial charge in [0.2, 0.25) is 0 Å². The van der Waals surface area contributed by atoms with E-state index in [1.54, 1.807) is 31.4 Å². The van der Waals surface area contributed by atoms with Crippen LogP contribution in [0.15, 0.2) is 42.5 Å². The van der Waals surface area contributed by atoms with Gasteiger partial charge in [0.05, 0.1) is 19.3 Å². The van der Waals surface area contributed by atoms with Gasteiger partial charge in [0.25, 0.3) is 0 Å². The number of hydrogen-bond donors (Lipinski definition) is 1. The molecule has 21 heavy (non-hydrogen) atoms. The first-order valence-electron chi connectivity index (χ1n) is 6.75. The molecule has 1 atom stereocenters. The van der Waals surface area contributed by atoms with Crippen molar-refractivity contribution in [3.63, 3.8) is 0 Å². The van der Waals surface area contributed by atoms with Crippen molar-refractivity contribution in [2.75, 3.05) is 20.8 Å². The molecule has 0 spiro atoms. The Morgan fingerprint density at radius 3 is 2.43 bits per heavy atom. The van der Waals surface area contributed by atoms with E-state index in [9.17, 15) is 9.50 Å². The standard InChI is InChI=1S/C17H19FO3/c1-20-11-10-12-6-8-13(9-7-12)17(19)16-14(18)4-3-5-15(16)21-2/h3-9,17,19H,10-11H2,1-2H3. The van der Waals surface area contributed by atoms with Crippen molar-refractivity contribution in [1.29, 1.82) is 0 Å². The molecule has 0 aliphatic heterocycles. The summed E-state index contributed by atoms with van der Waals surface area (Å²) in [6, 6.07) is 11.9. The summed E-state index contributed by atoms with van der Waals surface area (Å²) in [4.78, 5) is 0.